The van der Waals surface area contributed by atoms with E-state index in [0.717, 1.165) is 16.7 Å². The van der Waals surface area contributed by atoms with E-state index in [1.54, 1.807) is 65.4 Å². The van der Waals surface area contributed by atoms with Gasteiger partial charge in [0.25, 0.3) is 17.7 Å². The summed E-state index contributed by atoms with van der Waals surface area (Å²) < 4.78 is 0. The number of phenolic OH excluding ortho intramolecular Hbond substituents is 4. The summed E-state index contributed by atoms with van der Waals surface area (Å²) in [5, 5.41) is 48.3. The molecule has 52 heavy (non-hydrogen) atoms. The average molecular weight is 720 g/mol. The van der Waals surface area contributed by atoms with Crippen LogP contribution in [0.25, 0.3) is 0 Å². The van der Waals surface area contributed by atoms with Gasteiger partial charge in [-0.3, -0.25) is 24.5 Å². The molecule has 0 atom stereocenters. The first kappa shape index (κ1) is 43.7. The van der Waals surface area contributed by atoms with Gasteiger partial charge in [-0.1, -0.05) is 29.3 Å². The first-order valence-electron chi connectivity index (χ1n) is 15.8. The zero-order chi connectivity index (χ0) is 40.2. The molecule has 0 radical (unpaired) electrons. The van der Waals surface area contributed by atoms with E-state index in [2.05, 4.69) is 0 Å². The van der Waals surface area contributed by atoms with Gasteiger partial charge in [-0.15, -0.1) is 0 Å². The zero-order valence-corrected chi connectivity index (χ0v) is 31.5. The molecule has 14 heteroatoms. The molecule has 4 rings (SSSR count). The van der Waals surface area contributed by atoms with Crippen LogP contribution in [0.3, 0.4) is 0 Å². The maximum absolute atomic E-state index is 11.6. The summed E-state index contributed by atoms with van der Waals surface area (Å²) in [6.45, 7) is 9.22. The quantitative estimate of drug-likeness (QED) is 0.0751. The van der Waals surface area contributed by atoms with Gasteiger partial charge in [0.05, 0.1) is 27.3 Å². The number of benzene rings is 4. The number of carbonyl (C=O) groups excluding carboxylic acids is 3. The molecule has 0 aliphatic carbocycles. The number of aromatic hydroxyl groups is 4. The molecule has 0 fully saturated rings. The summed E-state index contributed by atoms with van der Waals surface area (Å²) in [4.78, 5) is 48.7. The Labute approximate surface area is 304 Å². The molecule has 0 aromatic heterocycles. The number of rotatable bonds is 4. The number of nitrogens with two attached hydrogens (primary N) is 1. The Morgan fingerprint density at radius 3 is 1.37 bits per heavy atom. The Morgan fingerprint density at radius 1 is 0.558 bits per heavy atom. The highest BCUT2D eigenvalue weighted by Gasteiger charge is 2.23. The highest BCUT2D eigenvalue weighted by Crippen LogP contribution is 2.32. The standard InChI is InChI=1S/C10H12N2O4.C10H14N2O2.C10H13NO2.C8H10O/c1-6-4-7(10(14)11(2)3)9(13)8(5-6)12(15)16;1-6-4-7(10(14)12(2)3)9(13)8(11)5-6;1-7-4-5-9(12)8(6-7)10(13)11(2)3;1-6-3-4-8(9)7(2)5-6/h4-5,13H,1-3H3;4-5,13H,11H2,1-3H3;4-6,12H,1-3H3;3-5,9H,1-2H3. The predicted octanol–water partition coefficient (Wildman–Crippen LogP) is 5.71. The minimum atomic E-state index is -0.714. The summed E-state index contributed by atoms with van der Waals surface area (Å²) in [7, 11) is 9.58. The Balaban J connectivity index is 0.000000352. The number of nitrogen functional groups attached to an aromatic ring is 1. The lowest BCUT2D eigenvalue weighted by Gasteiger charge is -2.13. The summed E-state index contributed by atoms with van der Waals surface area (Å²) in [6.07, 6.45) is 0. The van der Waals surface area contributed by atoms with E-state index in [9.17, 15) is 39.8 Å². The number of hydrogen-bond donors (Lipinski definition) is 5. The van der Waals surface area contributed by atoms with E-state index < -0.39 is 22.3 Å². The van der Waals surface area contributed by atoms with Gasteiger partial charge in [0.15, 0.2) is 5.75 Å². The molecule has 0 bridgehead atoms. The SMILES string of the molecule is Cc1cc(C(=O)N(C)C)c(O)c([N+](=O)[O-])c1.Cc1cc(N)c(O)c(C(=O)N(C)C)c1.Cc1ccc(O)c(C(=O)N(C)C)c1.Cc1ccc(O)c(C)c1. The fourth-order valence-corrected chi connectivity index (χ4v) is 4.38. The van der Waals surface area contributed by atoms with Crippen molar-refractivity contribution in [2.45, 2.75) is 34.6 Å². The Hall–Kier alpha value is -6.31. The molecule has 0 heterocycles. The van der Waals surface area contributed by atoms with Crippen LogP contribution < -0.4 is 5.73 Å². The topological polar surface area (TPSA) is 211 Å². The second-order valence-electron chi connectivity index (χ2n) is 12.6. The monoisotopic (exact) mass is 719 g/mol. The maximum atomic E-state index is 11.6. The van der Waals surface area contributed by atoms with Crippen molar-refractivity contribution in [3.8, 4) is 23.0 Å². The molecule has 14 nitrogen and oxygen atoms in total. The Morgan fingerprint density at radius 2 is 0.942 bits per heavy atom. The van der Waals surface area contributed by atoms with Crippen molar-refractivity contribution in [1.82, 2.24) is 14.7 Å². The third-order valence-corrected chi connectivity index (χ3v) is 7.13. The molecular weight excluding hydrogens is 670 g/mol. The smallest absolute Gasteiger partial charge is 0.311 e. The first-order valence-corrected chi connectivity index (χ1v) is 15.8. The van der Waals surface area contributed by atoms with Crippen LogP contribution in [0.1, 0.15) is 58.9 Å². The molecule has 0 saturated carbocycles. The molecule has 280 valence electrons. The van der Waals surface area contributed by atoms with E-state index in [1.165, 1.54) is 52.6 Å². The largest absolute Gasteiger partial charge is 0.508 e. The van der Waals surface area contributed by atoms with Crippen LogP contribution in [0.2, 0.25) is 0 Å². The molecule has 0 unspecified atom stereocenters. The Bertz CT molecular complexity index is 1920. The molecule has 0 spiro atoms. The molecule has 4 aromatic carbocycles. The van der Waals surface area contributed by atoms with E-state index >= 15 is 0 Å². The summed E-state index contributed by atoms with van der Waals surface area (Å²) >= 11 is 0. The zero-order valence-electron chi connectivity index (χ0n) is 31.5. The summed E-state index contributed by atoms with van der Waals surface area (Å²) in [5.74, 6) is -1.23. The lowest BCUT2D eigenvalue weighted by atomic mass is 10.1. The van der Waals surface area contributed by atoms with E-state index in [-0.39, 0.29) is 40.1 Å². The number of hydrogen-bond acceptors (Lipinski definition) is 10. The van der Waals surface area contributed by atoms with Crippen molar-refractivity contribution in [3.05, 3.63) is 115 Å². The predicted molar refractivity (Wildman–Crippen MR) is 201 cm³/mol. The highest BCUT2D eigenvalue weighted by atomic mass is 16.6. The molecule has 0 saturated heterocycles. The van der Waals surface area contributed by atoms with E-state index in [1.807, 2.05) is 39.8 Å². The van der Waals surface area contributed by atoms with Crippen molar-refractivity contribution < 1.29 is 39.7 Å². The molecule has 0 aliphatic heterocycles. The number of carbonyl (C=O) groups is 3. The van der Waals surface area contributed by atoms with Crippen molar-refractivity contribution in [3.63, 3.8) is 0 Å². The second-order valence-corrected chi connectivity index (χ2v) is 12.6. The van der Waals surface area contributed by atoms with E-state index in [0.29, 0.717) is 16.9 Å². The summed E-state index contributed by atoms with van der Waals surface area (Å²) in [5.41, 5.74) is 10.3. The minimum absolute atomic E-state index is 0.0318. The van der Waals surface area contributed by atoms with Gasteiger partial charge in [-0.25, -0.2) is 0 Å². The minimum Gasteiger partial charge on any atom is -0.508 e. The molecular formula is C38H49N5O9. The number of anilines is 1. The molecule has 6 N–H and O–H groups in total. The van der Waals surface area contributed by atoms with Gasteiger partial charge >= 0.3 is 5.69 Å². The summed E-state index contributed by atoms with van der Waals surface area (Å²) in [6, 6.07) is 16.4. The van der Waals surface area contributed by atoms with Gasteiger partial charge < -0.3 is 40.9 Å². The number of aryl methyl sites for hydroxylation is 5. The number of nitro groups is 1. The van der Waals surface area contributed by atoms with Crippen molar-refractivity contribution in [2.24, 2.45) is 0 Å². The van der Waals surface area contributed by atoms with Crippen molar-refractivity contribution >= 4 is 29.1 Å². The number of nitrogens with zero attached hydrogens (tertiary/aromatic N) is 4. The van der Waals surface area contributed by atoms with Crippen LogP contribution in [0.5, 0.6) is 23.0 Å². The van der Waals surface area contributed by atoms with Crippen LogP contribution in [0.15, 0.2) is 60.7 Å². The van der Waals surface area contributed by atoms with Crippen molar-refractivity contribution in [1.29, 1.82) is 0 Å². The highest BCUT2D eigenvalue weighted by molar-refractivity contribution is 5.99. The van der Waals surface area contributed by atoms with Crippen LogP contribution in [0.4, 0.5) is 11.4 Å². The van der Waals surface area contributed by atoms with Crippen LogP contribution in [0, 0.1) is 44.7 Å². The maximum Gasteiger partial charge on any atom is 0.311 e. The third kappa shape index (κ3) is 12.5. The Kier molecular flexibility index (Phi) is 16.1. The lowest BCUT2D eigenvalue weighted by molar-refractivity contribution is -0.385. The van der Waals surface area contributed by atoms with E-state index in [4.69, 9.17) is 10.8 Å². The fraction of sp³-hybridized carbons (Fsp3) is 0.289. The third-order valence-electron chi connectivity index (χ3n) is 7.13. The first-order chi connectivity index (χ1) is 24.0. The second kappa shape index (κ2) is 19.2. The average Bonchev–Trinajstić information content (AvgIpc) is 3.06. The van der Waals surface area contributed by atoms with Gasteiger partial charge in [0.2, 0.25) is 5.75 Å². The van der Waals surface area contributed by atoms with Crippen LogP contribution >= 0.6 is 0 Å². The normalized spacial score (nSPS) is 9.83. The molecule has 3 amide bonds. The van der Waals surface area contributed by atoms with Crippen LogP contribution in [-0.2, 0) is 0 Å². The fourth-order valence-electron chi connectivity index (χ4n) is 4.38. The number of phenols is 4. The van der Waals surface area contributed by atoms with Gasteiger partial charge in [0, 0.05) is 48.4 Å². The lowest BCUT2D eigenvalue weighted by Crippen LogP contribution is -2.22. The van der Waals surface area contributed by atoms with Crippen LogP contribution in [-0.4, -0.2) is 100 Å². The van der Waals surface area contributed by atoms with Gasteiger partial charge in [-0.05, 0) is 87.7 Å². The number of amides is 3. The van der Waals surface area contributed by atoms with Crippen molar-refractivity contribution in [2.75, 3.05) is 48.0 Å². The molecule has 0 aliphatic rings. The van der Waals surface area contributed by atoms with Gasteiger partial charge in [-0.2, -0.15) is 0 Å². The number of nitro benzene ring substituents is 1. The molecule has 4 aromatic rings. The van der Waals surface area contributed by atoms with Gasteiger partial charge in [0.1, 0.15) is 11.5 Å².